The van der Waals surface area contributed by atoms with Gasteiger partial charge in [-0.1, -0.05) is 70.0 Å². The molecule has 0 bridgehead atoms. The van der Waals surface area contributed by atoms with E-state index in [1.807, 2.05) is 12.1 Å². The van der Waals surface area contributed by atoms with E-state index in [1.54, 1.807) is 7.11 Å². The Hall–Kier alpha value is -2.10. The van der Waals surface area contributed by atoms with Crippen LogP contribution in [0.2, 0.25) is 0 Å². The van der Waals surface area contributed by atoms with Crippen molar-refractivity contribution in [1.29, 1.82) is 0 Å². The van der Waals surface area contributed by atoms with Crippen LogP contribution in [-0.2, 0) is 19.5 Å². The Morgan fingerprint density at radius 1 is 1.04 bits per heavy atom. The van der Waals surface area contributed by atoms with Gasteiger partial charge in [-0.25, -0.2) is 0 Å². The van der Waals surface area contributed by atoms with Crippen LogP contribution in [0.25, 0.3) is 0 Å². The van der Waals surface area contributed by atoms with Crippen molar-refractivity contribution in [2.75, 3.05) is 7.11 Å². The normalized spacial score (nSPS) is 16.3. The molecule has 1 unspecified atom stereocenters. The summed E-state index contributed by atoms with van der Waals surface area (Å²) in [6, 6.07) is 24.3. The third-order valence-electron chi connectivity index (χ3n) is 5.39. The van der Waals surface area contributed by atoms with E-state index in [2.05, 4.69) is 82.4 Å². The highest BCUT2D eigenvalue weighted by Gasteiger charge is 2.30. The van der Waals surface area contributed by atoms with Gasteiger partial charge in [0.05, 0.1) is 7.11 Å². The van der Waals surface area contributed by atoms with Gasteiger partial charge in [-0.05, 0) is 53.8 Å². The lowest BCUT2D eigenvalue weighted by Crippen LogP contribution is -2.23. The monoisotopic (exact) mass is 421 g/mol. The average molecular weight is 422 g/mol. The Bertz CT molecular complexity index is 935. The predicted molar refractivity (Wildman–Crippen MR) is 114 cm³/mol. The van der Waals surface area contributed by atoms with E-state index >= 15 is 0 Å². The van der Waals surface area contributed by atoms with Crippen LogP contribution in [0, 0.1) is 6.92 Å². The van der Waals surface area contributed by atoms with E-state index in [1.165, 1.54) is 27.8 Å². The summed E-state index contributed by atoms with van der Waals surface area (Å²) in [5, 5.41) is 0. The molecule has 27 heavy (non-hydrogen) atoms. The van der Waals surface area contributed by atoms with Gasteiger partial charge in [0.1, 0.15) is 5.75 Å². The minimum atomic E-state index is 0.353. The number of methoxy groups -OCH3 is 1. The maximum absolute atomic E-state index is 5.63. The van der Waals surface area contributed by atoms with Gasteiger partial charge in [-0.15, -0.1) is 0 Å². The first kappa shape index (κ1) is 18.3. The summed E-state index contributed by atoms with van der Waals surface area (Å²) >= 11 is 3.61. The SMILES string of the molecule is COc1ccc(Br)cc1CC1c2ccccc2CN1Cc1ccc(C)cc1. The van der Waals surface area contributed by atoms with Gasteiger partial charge in [-0.3, -0.25) is 4.90 Å². The van der Waals surface area contributed by atoms with Gasteiger partial charge in [0.2, 0.25) is 0 Å². The highest BCUT2D eigenvalue weighted by atomic mass is 79.9. The van der Waals surface area contributed by atoms with Crippen LogP contribution in [0.1, 0.15) is 33.9 Å². The summed E-state index contributed by atoms with van der Waals surface area (Å²) < 4.78 is 6.72. The van der Waals surface area contributed by atoms with Crippen molar-refractivity contribution in [2.45, 2.75) is 32.5 Å². The first-order valence-corrected chi connectivity index (χ1v) is 10.1. The molecule has 0 amide bonds. The van der Waals surface area contributed by atoms with Crippen LogP contribution in [0.3, 0.4) is 0 Å². The second kappa shape index (κ2) is 7.87. The number of ether oxygens (including phenoxy) is 1. The van der Waals surface area contributed by atoms with Crippen LogP contribution in [0.15, 0.2) is 71.2 Å². The fourth-order valence-corrected chi connectivity index (χ4v) is 4.39. The summed E-state index contributed by atoms with van der Waals surface area (Å²) in [5.41, 5.74) is 6.77. The van der Waals surface area contributed by atoms with Crippen LogP contribution >= 0.6 is 15.9 Å². The summed E-state index contributed by atoms with van der Waals surface area (Å²) in [4.78, 5) is 2.58. The molecule has 0 N–H and O–H groups in total. The summed E-state index contributed by atoms with van der Waals surface area (Å²) in [6.45, 7) is 4.08. The molecule has 2 nitrogen and oxygen atoms in total. The molecule has 3 aromatic carbocycles. The minimum Gasteiger partial charge on any atom is -0.496 e. The van der Waals surface area contributed by atoms with Crippen molar-refractivity contribution in [1.82, 2.24) is 4.90 Å². The van der Waals surface area contributed by atoms with Gasteiger partial charge < -0.3 is 4.74 Å². The van der Waals surface area contributed by atoms with Crippen molar-refractivity contribution in [3.63, 3.8) is 0 Å². The largest absolute Gasteiger partial charge is 0.496 e. The zero-order chi connectivity index (χ0) is 18.8. The number of benzene rings is 3. The molecule has 3 aromatic rings. The van der Waals surface area contributed by atoms with E-state index in [9.17, 15) is 0 Å². The number of fused-ring (bicyclic) bond motifs is 1. The lowest BCUT2D eigenvalue weighted by molar-refractivity contribution is 0.204. The van der Waals surface area contributed by atoms with Gasteiger partial charge in [-0.2, -0.15) is 0 Å². The fourth-order valence-electron chi connectivity index (χ4n) is 3.98. The first-order chi connectivity index (χ1) is 13.1. The van der Waals surface area contributed by atoms with Crippen molar-refractivity contribution in [3.8, 4) is 5.75 Å². The van der Waals surface area contributed by atoms with Gasteiger partial charge in [0, 0.05) is 23.6 Å². The molecule has 0 fully saturated rings. The zero-order valence-corrected chi connectivity index (χ0v) is 17.4. The molecule has 0 aliphatic carbocycles. The van der Waals surface area contributed by atoms with E-state index in [0.29, 0.717) is 6.04 Å². The molecular formula is C24H24BrNO. The van der Waals surface area contributed by atoms with Gasteiger partial charge >= 0.3 is 0 Å². The molecule has 4 rings (SSSR count). The molecular weight excluding hydrogens is 398 g/mol. The third-order valence-corrected chi connectivity index (χ3v) is 5.88. The molecule has 0 spiro atoms. The molecule has 0 radical (unpaired) electrons. The van der Waals surface area contributed by atoms with Crippen LogP contribution in [0.4, 0.5) is 0 Å². The Morgan fingerprint density at radius 2 is 1.81 bits per heavy atom. The smallest absolute Gasteiger partial charge is 0.122 e. The number of rotatable bonds is 5. The molecule has 1 atom stereocenters. The predicted octanol–water partition coefficient (Wildman–Crippen LogP) is 6.07. The van der Waals surface area contributed by atoms with Crippen LogP contribution in [0.5, 0.6) is 5.75 Å². The Balaban J connectivity index is 1.65. The lowest BCUT2D eigenvalue weighted by Gasteiger charge is -2.26. The van der Waals surface area contributed by atoms with E-state index in [4.69, 9.17) is 4.74 Å². The minimum absolute atomic E-state index is 0.353. The Morgan fingerprint density at radius 3 is 2.59 bits per heavy atom. The lowest BCUT2D eigenvalue weighted by atomic mass is 9.97. The van der Waals surface area contributed by atoms with Crippen molar-refractivity contribution >= 4 is 15.9 Å². The Labute approximate surface area is 169 Å². The van der Waals surface area contributed by atoms with Crippen molar-refractivity contribution < 1.29 is 4.74 Å². The first-order valence-electron chi connectivity index (χ1n) is 9.34. The zero-order valence-electron chi connectivity index (χ0n) is 15.8. The summed E-state index contributed by atoms with van der Waals surface area (Å²) in [6.07, 6.45) is 0.936. The second-order valence-corrected chi connectivity index (χ2v) is 8.18. The summed E-state index contributed by atoms with van der Waals surface area (Å²) in [7, 11) is 1.75. The summed E-state index contributed by atoms with van der Waals surface area (Å²) in [5.74, 6) is 0.956. The topological polar surface area (TPSA) is 12.5 Å². The molecule has 1 heterocycles. The molecule has 0 saturated carbocycles. The molecule has 0 saturated heterocycles. The number of nitrogens with zero attached hydrogens (tertiary/aromatic N) is 1. The van der Waals surface area contributed by atoms with Crippen LogP contribution < -0.4 is 4.74 Å². The van der Waals surface area contributed by atoms with E-state index in [0.717, 1.165) is 29.7 Å². The van der Waals surface area contributed by atoms with E-state index < -0.39 is 0 Å². The number of hydrogen-bond acceptors (Lipinski definition) is 2. The fraction of sp³-hybridized carbons (Fsp3) is 0.250. The highest BCUT2D eigenvalue weighted by molar-refractivity contribution is 9.10. The van der Waals surface area contributed by atoms with Gasteiger partial charge in [0.25, 0.3) is 0 Å². The van der Waals surface area contributed by atoms with Crippen molar-refractivity contribution in [2.24, 2.45) is 0 Å². The highest BCUT2D eigenvalue weighted by Crippen LogP contribution is 2.39. The number of hydrogen-bond donors (Lipinski definition) is 0. The quantitative estimate of drug-likeness (QED) is 0.495. The molecule has 1 aliphatic rings. The third kappa shape index (κ3) is 3.95. The Kier molecular flexibility index (Phi) is 5.33. The standard InChI is InChI=1S/C24H24BrNO/c1-17-7-9-18(10-8-17)15-26-16-19-5-3-4-6-22(19)23(26)14-20-13-21(25)11-12-24(20)27-2/h3-13,23H,14-16H2,1-2H3. The molecule has 1 aliphatic heterocycles. The number of aryl methyl sites for hydroxylation is 1. The van der Waals surface area contributed by atoms with Gasteiger partial charge in [0.15, 0.2) is 0 Å². The van der Waals surface area contributed by atoms with Crippen LogP contribution in [-0.4, -0.2) is 12.0 Å². The second-order valence-electron chi connectivity index (χ2n) is 7.27. The number of halogens is 1. The molecule has 0 aromatic heterocycles. The molecule has 3 heteroatoms. The average Bonchev–Trinajstić information content (AvgIpc) is 3.01. The maximum atomic E-state index is 5.63. The van der Waals surface area contributed by atoms with E-state index in [-0.39, 0.29) is 0 Å². The molecule has 138 valence electrons. The van der Waals surface area contributed by atoms with Crippen molar-refractivity contribution in [3.05, 3.63) is 99.0 Å². The maximum Gasteiger partial charge on any atom is 0.122 e.